The first kappa shape index (κ1) is 78.0. The second-order valence-corrected chi connectivity index (χ2v) is 25.2. The van der Waals surface area contributed by atoms with Crippen molar-refractivity contribution in [3.05, 3.63) is 185 Å². The Kier molecular flexibility index (Phi) is 31.3. The van der Waals surface area contributed by atoms with Crippen molar-refractivity contribution in [2.45, 2.75) is 139 Å². The number of aliphatic hydroxyl groups is 1. The second-order valence-electron chi connectivity index (χ2n) is 20.8. The molecular weight excluding hydrogens is 1260 g/mol. The Morgan fingerprint density at radius 2 is 1.63 bits per heavy atom. The van der Waals surface area contributed by atoms with Crippen LogP contribution in [0.1, 0.15) is 124 Å². The number of halogens is 10. The predicted octanol–water partition coefficient (Wildman–Crippen LogP) is 21.8. The normalized spacial score (nSPS) is 14.9. The van der Waals surface area contributed by atoms with Gasteiger partial charge in [0, 0.05) is 71.7 Å². The zero-order valence-electron chi connectivity index (χ0n) is 53.0. The number of carbonyl (C=O) groups is 1. The SMILES string of the molecule is C=C(SC(COc1ccc2nc(CC(=O)N=O)oc2c1C)=C(C)C)c1ccc(C(F)(F)F)c(F)c1.C=C(SC)C(/C=C\C(C)C(F)(F)F)=C/CC.CC.CC(C)=CCSc1ccc2c(c1C)CC(CCO)=N2.Cc1nc(C2=CC(C)C(C(F)(F)F)C=C2)sc1C. The third-order valence-corrected chi connectivity index (χ3v) is 17.7. The lowest BCUT2D eigenvalue weighted by molar-refractivity contribution is -0.169. The fourth-order valence-electron chi connectivity index (χ4n) is 8.22. The number of hydrogen-bond donors (Lipinski definition) is 1. The number of aliphatic hydroxyl groups excluding tert-OH is 1. The van der Waals surface area contributed by atoms with Crippen molar-refractivity contribution in [1.82, 2.24) is 9.97 Å². The Balaban J connectivity index is 0.000000329. The molecule has 90 heavy (non-hydrogen) atoms. The van der Waals surface area contributed by atoms with Gasteiger partial charge in [-0.15, -0.1) is 39.8 Å². The number of carbonyl (C=O) groups excluding carboxylic acids is 1. The van der Waals surface area contributed by atoms with E-state index in [0.29, 0.717) is 39.8 Å². The first-order valence-corrected chi connectivity index (χ1v) is 32.4. The molecule has 1 amide bonds. The average molecular weight is 1340 g/mol. The molecule has 2 aromatic heterocycles. The highest BCUT2D eigenvalue weighted by Gasteiger charge is 2.42. The van der Waals surface area contributed by atoms with E-state index in [1.807, 2.05) is 72.6 Å². The van der Waals surface area contributed by atoms with Gasteiger partial charge in [-0.1, -0.05) is 119 Å². The third kappa shape index (κ3) is 23.8. The zero-order chi connectivity index (χ0) is 68.0. The van der Waals surface area contributed by atoms with Crippen LogP contribution in [-0.4, -0.2) is 64.3 Å². The van der Waals surface area contributed by atoms with Crippen molar-refractivity contribution < 1.29 is 63.0 Å². The van der Waals surface area contributed by atoms with E-state index in [1.165, 1.54) is 86.8 Å². The van der Waals surface area contributed by atoms with Gasteiger partial charge in [0.1, 0.15) is 35.1 Å². The van der Waals surface area contributed by atoms with E-state index in [9.17, 15) is 53.6 Å². The van der Waals surface area contributed by atoms with Crippen molar-refractivity contribution in [3.63, 3.8) is 0 Å². The molecule has 1 N–H and O–H groups in total. The lowest BCUT2D eigenvalue weighted by Gasteiger charge is -2.24. The summed E-state index contributed by atoms with van der Waals surface area (Å²) in [5.41, 5.74) is 10.0. The minimum atomic E-state index is -4.78. The molecular formula is C67H78F10N4O5S4. The van der Waals surface area contributed by atoms with Crippen molar-refractivity contribution in [3.8, 4) is 5.75 Å². The fraction of sp³-hybridized carbons (Fsp3) is 0.403. The van der Waals surface area contributed by atoms with Crippen molar-refractivity contribution >= 4 is 85.5 Å². The minimum absolute atomic E-state index is 0.0606. The molecule has 0 saturated carbocycles. The molecule has 7 rings (SSSR count). The summed E-state index contributed by atoms with van der Waals surface area (Å²) in [5.74, 6) is -4.07. The maximum absolute atomic E-state index is 14.0. The molecule has 0 spiro atoms. The first-order chi connectivity index (χ1) is 42.1. The number of allylic oxidation sites excluding steroid dienone is 10. The molecule has 3 aromatic carbocycles. The summed E-state index contributed by atoms with van der Waals surface area (Å²) >= 11 is 6.00. The topological polar surface area (TPSA) is 127 Å². The molecule has 1 aliphatic heterocycles. The van der Waals surface area contributed by atoms with E-state index >= 15 is 0 Å². The van der Waals surface area contributed by atoms with Crippen LogP contribution in [-0.2, 0) is 23.8 Å². The van der Waals surface area contributed by atoms with Crippen LogP contribution in [0.2, 0.25) is 0 Å². The van der Waals surface area contributed by atoms with Crippen LogP contribution in [0.3, 0.4) is 0 Å². The highest BCUT2D eigenvalue weighted by Crippen LogP contribution is 2.42. The molecule has 0 bridgehead atoms. The molecule has 0 saturated heterocycles. The van der Waals surface area contributed by atoms with E-state index in [0.717, 1.165) is 85.1 Å². The minimum Gasteiger partial charge on any atom is -0.488 e. The highest BCUT2D eigenvalue weighted by atomic mass is 32.2. The molecule has 5 aromatic rings. The summed E-state index contributed by atoms with van der Waals surface area (Å²) < 4.78 is 139. The number of benzene rings is 3. The van der Waals surface area contributed by atoms with Gasteiger partial charge in [-0.3, -0.25) is 9.79 Å². The summed E-state index contributed by atoms with van der Waals surface area (Å²) in [4.78, 5) is 39.0. The number of aryl methyl sites for hydroxylation is 3. The number of hydrogen-bond acceptors (Lipinski definition) is 12. The third-order valence-electron chi connectivity index (χ3n) is 13.5. The predicted molar refractivity (Wildman–Crippen MR) is 353 cm³/mol. The smallest absolute Gasteiger partial charge is 0.419 e. The number of nitroso groups, excluding NO2 is 1. The maximum Gasteiger partial charge on any atom is 0.419 e. The average Bonchev–Trinajstić information content (AvgIpc) is 3.41. The van der Waals surface area contributed by atoms with Crippen molar-refractivity contribution in [1.29, 1.82) is 0 Å². The Morgan fingerprint density at radius 3 is 2.17 bits per heavy atom. The zero-order valence-corrected chi connectivity index (χ0v) is 56.2. The number of alkyl halides is 9. The highest BCUT2D eigenvalue weighted by molar-refractivity contribution is 8.11. The van der Waals surface area contributed by atoms with Crippen molar-refractivity contribution in [2.75, 3.05) is 25.2 Å². The van der Waals surface area contributed by atoms with Crippen LogP contribution in [0.5, 0.6) is 5.75 Å². The number of rotatable bonds is 19. The van der Waals surface area contributed by atoms with Crippen LogP contribution in [0.15, 0.2) is 144 Å². The van der Waals surface area contributed by atoms with Crippen LogP contribution in [0.25, 0.3) is 21.6 Å². The summed E-state index contributed by atoms with van der Waals surface area (Å²) in [6.45, 7) is 32.4. The van der Waals surface area contributed by atoms with Crippen LogP contribution >= 0.6 is 46.6 Å². The van der Waals surface area contributed by atoms with Gasteiger partial charge in [-0.25, -0.2) is 14.4 Å². The summed E-state index contributed by atoms with van der Waals surface area (Å²) in [6.07, 6.45) is 1.99. The Labute approximate surface area is 538 Å². The van der Waals surface area contributed by atoms with Gasteiger partial charge in [0.2, 0.25) is 5.89 Å². The van der Waals surface area contributed by atoms with Crippen LogP contribution < -0.4 is 4.74 Å². The molecule has 3 heterocycles. The molecule has 3 atom stereocenters. The number of aromatic nitrogens is 2. The van der Waals surface area contributed by atoms with E-state index in [4.69, 9.17) is 14.3 Å². The Hall–Kier alpha value is -6.27. The molecule has 0 radical (unpaired) electrons. The standard InChI is InChI=1S/C24H20F4N2O4S.C16H21NOS.C13H14F3NS.C12H17F3S.C2H6/c1-12(2)20(35-14(4)15-5-6-16(17(25)9-15)24(26,27)28)11-33-19-8-7-18-23(13(19)3)34-22(29-18)10-21(31)30-32;1-11(2)7-9-19-16-5-4-15-14(12(16)3)10-13(17-15)6-8-18;1-7-6-10(4-5-11(7)13(14,15)16)12-17-8(2)9(3)18-12;1-5-6-11(10(3)16-4)8-7-9(2)12(13,14)15;1-2/h5-9H,4,10-11H2,1-3H3;4-5,7,18H,6,8-10H2,1-3H3;4-7,11H,1-3H3;6-9H,3,5H2,1-2,4H3;1-2H3/b;;;8-7-,11-6+;. The monoisotopic (exact) mass is 1340 g/mol. The van der Waals surface area contributed by atoms with Crippen LogP contribution in [0.4, 0.5) is 49.6 Å². The van der Waals surface area contributed by atoms with E-state index in [-0.39, 0.29) is 31.1 Å². The fourth-order valence-corrected chi connectivity index (χ4v) is 11.5. The molecule has 9 nitrogen and oxygen atoms in total. The molecule has 3 unspecified atom stereocenters. The first-order valence-electron chi connectivity index (χ1n) is 28.6. The summed E-state index contributed by atoms with van der Waals surface area (Å²) in [7, 11) is 0. The molecule has 2 aliphatic rings. The van der Waals surface area contributed by atoms with Gasteiger partial charge in [-0.2, -0.15) is 39.5 Å². The van der Waals surface area contributed by atoms with E-state index in [2.05, 4.69) is 72.3 Å². The number of ether oxygens (including phenoxy) is 1. The molecule has 1 aliphatic carbocycles. The lowest BCUT2D eigenvalue weighted by atomic mass is 9.87. The van der Waals surface area contributed by atoms with Gasteiger partial charge in [0.25, 0.3) is 5.91 Å². The second kappa shape index (κ2) is 36.1. The number of nitrogens with zero attached hydrogens (tertiary/aromatic N) is 4. The number of amides is 1. The largest absolute Gasteiger partial charge is 0.488 e. The number of fused-ring (bicyclic) bond motifs is 2. The van der Waals surface area contributed by atoms with Gasteiger partial charge in [-0.05, 0) is 133 Å². The number of thiazole rings is 1. The Bertz CT molecular complexity index is 3500. The van der Waals surface area contributed by atoms with Crippen molar-refractivity contribution in [2.24, 2.45) is 27.9 Å². The lowest BCUT2D eigenvalue weighted by Crippen LogP contribution is -2.27. The molecule has 490 valence electrons. The summed E-state index contributed by atoms with van der Waals surface area (Å²) in [5, 5.41) is 12.1. The summed E-state index contributed by atoms with van der Waals surface area (Å²) in [6, 6.07) is 10.3. The van der Waals surface area contributed by atoms with Gasteiger partial charge < -0.3 is 14.3 Å². The van der Waals surface area contributed by atoms with Gasteiger partial charge in [0.05, 0.1) is 28.8 Å². The molecule has 0 fully saturated rings. The van der Waals surface area contributed by atoms with Gasteiger partial charge in [0.15, 0.2) is 5.58 Å². The number of aliphatic imine (C=N–C) groups is 1. The maximum atomic E-state index is 14.0. The van der Waals surface area contributed by atoms with Gasteiger partial charge >= 0.3 is 18.5 Å². The van der Waals surface area contributed by atoms with E-state index in [1.54, 1.807) is 32.1 Å². The van der Waals surface area contributed by atoms with E-state index < -0.39 is 53.6 Å². The number of oxazole rings is 1. The molecule has 23 heteroatoms. The van der Waals surface area contributed by atoms with Crippen LogP contribution in [0, 0.1) is 56.2 Å². The quantitative estimate of drug-likeness (QED) is 0.0281. The Morgan fingerprint density at radius 1 is 0.956 bits per heavy atom. The number of thioether (sulfide) groups is 3.